The van der Waals surface area contributed by atoms with Crippen molar-refractivity contribution in [2.45, 2.75) is 56.3 Å². The van der Waals surface area contributed by atoms with Gasteiger partial charge in [0.2, 0.25) is 0 Å². The average Bonchev–Trinajstić information content (AvgIpc) is 2.88. The molecule has 3 aliphatic rings. The van der Waals surface area contributed by atoms with E-state index in [4.69, 9.17) is 4.74 Å². The van der Waals surface area contributed by atoms with E-state index in [0.29, 0.717) is 25.9 Å². The number of hydrogen-bond acceptors (Lipinski definition) is 4. The number of aliphatic carboxylic acids is 1. The molecule has 0 aromatic carbocycles. The van der Waals surface area contributed by atoms with Crippen LogP contribution in [0.5, 0.6) is 0 Å². The summed E-state index contributed by atoms with van der Waals surface area (Å²) < 4.78 is 5.64. The summed E-state index contributed by atoms with van der Waals surface area (Å²) >= 11 is 0. The molecular weight excluding hydrogens is 260 g/mol. The highest BCUT2D eigenvalue weighted by Crippen LogP contribution is 2.61. The molecule has 1 saturated heterocycles. The zero-order valence-electron chi connectivity index (χ0n) is 11.8. The first kappa shape index (κ1) is 14.0. The Bertz CT molecular complexity index is 475. The molecule has 20 heavy (non-hydrogen) atoms. The van der Waals surface area contributed by atoms with Gasteiger partial charge >= 0.3 is 5.97 Å². The fourth-order valence-corrected chi connectivity index (χ4v) is 4.60. The molecule has 1 spiro atoms. The number of fused-ring (bicyclic) bond motifs is 1. The maximum Gasteiger partial charge on any atom is 0.338 e. The van der Waals surface area contributed by atoms with Crippen LogP contribution >= 0.6 is 0 Å². The predicted molar refractivity (Wildman–Crippen MR) is 71.1 cm³/mol. The number of aliphatic hydroxyl groups is 2. The van der Waals surface area contributed by atoms with Crippen molar-refractivity contribution < 1.29 is 24.9 Å². The summed E-state index contributed by atoms with van der Waals surface area (Å²) in [6.07, 6.45) is 1.90. The minimum absolute atomic E-state index is 0.0779. The van der Waals surface area contributed by atoms with Crippen LogP contribution in [0.25, 0.3) is 0 Å². The standard InChI is InChI=1S/C15H22O5/c1-9(2)14(18)6-5-13-7-11(20-8-13)15(19,12(16)17)4-3-10(13)14/h10-11,18-19H,1,3-8H2,2H3,(H,16,17)/t10-,11-,13-,14-,15-/m1/s1. The van der Waals surface area contributed by atoms with Crippen LogP contribution < -0.4 is 0 Å². The quantitative estimate of drug-likeness (QED) is 0.660. The molecule has 0 aromatic heterocycles. The Balaban J connectivity index is 2.00. The van der Waals surface area contributed by atoms with Crippen molar-refractivity contribution in [3.8, 4) is 0 Å². The van der Waals surface area contributed by atoms with E-state index < -0.39 is 23.3 Å². The summed E-state index contributed by atoms with van der Waals surface area (Å²) in [7, 11) is 0. The van der Waals surface area contributed by atoms with Gasteiger partial charge in [-0.15, -0.1) is 0 Å². The van der Waals surface area contributed by atoms with E-state index in [2.05, 4.69) is 6.58 Å². The molecule has 0 radical (unpaired) electrons. The van der Waals surface area contributed by atoms with Crippen LogP contribution in [0.15, 0.2) is 12.2 Å². The summed E-state index contributed by atoms with van der Waals surface area (Å²) in [6, 6.07) is 0. The summed E-state index contributed by atoms with van der Waals surface area (Å²) in [5.74, 6) is -1.30. The van der Waals surface area contributed by atoms with Gasteiger partial charge in [-0.3, -0.25) is 0 Å². The molecule has 3 rings (SSSR count). The molecule has 0 amide bonds. The molecule has 2 bridgehead atoms. The second-order valence-electron chi connectivity index (χ2n) is 6.89. The maximum atomic E-state index is 11.4. The highest BCUT2D eigenvalue weighted by atomic mass is 16.5. The minimum atomic E-state index is -1.83. The molecule has 5 atom stereocenters. The van der Waals surface area contributed by atoms with Crippen molar-refractivity contribution in [1.82, 2.24) is 0 Å². The van der Waals surface area contributed by atoms with E-state index >= 15 is 0 Å². The van der Waals surface area contributed by atoms with Gasteiger partial charge in [0.15, 0.2) is 5.60 Å². The molecule has 3 fully saturated rings. The number of carboxylic acid groups (broad SMARTS) is 1. The first-order valence-corrected chi connectivity index (χ1v) is 7.20. The van der Waals surface area contributed by atoms with Gasteiger partial charge in [0.25, 0.3) is 0 Å². The monoisotopic (exact) mass is 282 g/mol. The average molecular weight is 282 g/mol. The number of hydrogen-bond donors (Lipinski definition) is 3. The molecule has 5 heteroatoms. The van der Waals surface area contributed by atoms with Crippen LogP contribution in [0.2, 0.25) is 0 Å². The molecule has 3 N–H and O–H groups in total. The number of carboxylic acids is 1. The maximum absolute atomic E-state index is 11.4. The molecule has 2 saturated carbocycles. The Morgan fingerprint density at radius 3 is 2.55 bits per heavy atom. The largest absolute Gasteiger partial charge is 0.479 e. The molecule has 0 unspecified atom stereocenters. The Morgan fingerprint density at radius 1 is 1.25 bits per heavy atom. The number of carbonyl (C=O) groups is 1. The van der Waals surface area contributed by atoms with E-state index in [1.165, 1.54) is 0 Å². The normalized spacial score (nSPS) is 50.5. The van der Waals surface area contributed by atoms with E-state index in [1.54, 1.807) is 0 Å². The Hall–Kier alpha value is -0.910. The second kappa shape index (κ2) is 4.06. The van der Waals surface area contributed by atoms with E-state index in [0.717, 1.165) is 12.0 Å². The first-order valence-electron chi connectivity index (χ1n) is 7.20. The minimum Gasteiger partial charge on any atom is -0.479 e. The Morgan fingerprint density at radius 2 is 1.95 bits per heavy atom. The summed E-state index contributed by atoms with van der Waals surface area (Å²) in [4.78, 5) is 11.4. The highest BCUT2D eigenvalue weighted by molar-refractivity contribution is 5.78. The van der Waals surface area contributed by atoms with Gasteiger partial charge in [-0.2, -0.15) is 0 Å². The molecule has 2 aliphatic carbocycles. The van der Waals surface area contributed by atoms with Crippen LogP contribution in [0.3, 0.4) is 0 Å². The predicted octanol–water partition coefficient (Wildman–Crippen LogP) is 1.09. The van der Waals surface area contributed by atoms with Crippen molar-refractivity contribution in [2.75, 3.05) is 6.61 Å². The van der Waals surface area contributed by atoms with Gasteiger partial charge < -0.3 is 20.1 Å². The van der Waals surface area contributed by atoms with Crippen LogP contribution in [0.1, 0.15) is 39.0 Å². The van der Waals surface area contributed by atoms with Crippen molar-refractivity contribution in [2.24, 2.45) is 11.3 Å². The zero-order valence-corrected chi connectivity index (χ0v) is 11.8. The van der Waals surface area contributed by atoms with Gasteiger partial charge in [0.1, 0.15) is 0 Å². The van der Waals surface area contributed by atoms with Crippen LogP contribution in [0, 0.1) is 11.3 Å². The third-order valence-electron chi connectivity index (χ3n) is 5.94. The van der Waals surface area contributed by atoms with Gasteiger partial charge in [0, 0.05) is 5.41 Å². The molecule has 1 aliphatic heterocycles. The number of ether oxygens (including phenoxy) is 1. The third kappa shape index (κ3) is 1.57. The van der Waals surface area contributed by atoms with E-state index in [-0.39, 0.29) is 17.8 Å². The fourth-order valence-electron chi connectivity index (χ4n) is 4.60. The van der Waals surface area contributed by atoms with Gasteiger partial charge in [-0.05, 0) is 50.5 Å². The Kier molecular flexibility index (Phi) is 2.85. The van der Waals surface area contributed by atoms with Crippen molar-refractivity contribution in [3.05, 3.63) is 12.2 Å². The lowest BCUT2D eigenvalue weighted by molar-refractivity contribution is -0.175. The van der Waals surface area contributed by atoms with Crippen LogP contribution in [-0.4, -0.2) is 45.2 Å². The summed E-state index contributed by atoms with van der Waals surface area (Å²) in [5.41, 5.74) is -2.27. The first-order chi connectivity index (χ1) is 9.25. The van der Waals surface area contributed by atoms with Crippen molar-refractivity contribution in [1.29, 1.82) is 0 Å². The fraction of sp³-hybridized carbons (Fsp3) is 0.800. The number of rotatable bonds is 2. The Labute approximate surface area is 118 Å². The summed E-state index contributed by atoms with van der Waals surface area (Å²) in [5, 5.41) is 30.7. The molecule has 0 aromatic rings. The zero-order chi connectivity index (χ0) is 14.8. The van der Waals surface area contributed by atoms with E-state index in [1.807, 2.05) is 6.92 Å². The molecular formula is C15H22O5. The topological polar surface area (TPSA) is 87.0 Å². The van der Waals surface area contributed by atoms with Crippen LogP contribution in [-0.2, 0) is 9.53 Å². The lowest BCUT2D eigenvalue weighted by atomic mass is 9.70. The molecule has 112 valence electrons. The SMILES string of the molecule is C=C(C)[C@]1(O)CC[C@]23CO[C@H](C2)[C@@](O)(C(=O)O)CC[C@H]31. The van der Waals surface area contributed by atoms with Gasteiger partial charge in [-0.1, -0.05) is 6.58 Å². The van der Waals surface area contributed by atoms with E-state index in [9.17, 15) is 20.1 Å². The summed E-state index contributed by atoms with van der Waals surface area (Å²) in [6.45, 7) is 6.16. The highest BCUT2D eigenvalue weighted by Gasteiger charge is 2.65. The van der Waals surface area contributed by atoms with Crippen molar-refractivity contribution in [3.63, 3.8) is 0 Å². The third-order valence-corrected chi connectivity index (χ3v) is 5.94. The second-order valence-corrected chi connectivity index (χ2v) is 6.89. The lowest BCUT2D eigenvalue weighted by Gasteiger charge is -2.38. The van der Waals surface area contributed by atoms with Gasteiger partial charge in [-0.25, -0.2) is 4.79 Å². The van der Waals surface area contributed by atoms with Gasteiger partial charge in [0.05, 0.1) is 18.3 Å². The molecule has 1 heterocycles. The van der Waals surface area contributed by atoms with Crippen molar-refractivity contribution >= 4 is 5.97 Å². The van der Waals surface area contributed by atoms with Crippen LogP contribution in [0.4, 0.5) is 0 Å². The lowest BCUT2D eigenvalue weighted by Crippen LogP contribution is -2.49. The smallest absolute Gasteiger partial charge is 0.338 e. The molecule has 5 nitrogen and oxygen atoms in total.